The van der Waals surface area contributed by atoms with Crippen LogP contribution in [0, 0.1) is 10.6 Å². The molecule has 0 saturated heterocycles. The molecule has 1 unspecified atom stereocenters. The van der Waals surface area contributed by atoms with E-state index < -0.39 is 27.6 Å². The normalized spacial score (nSPS) is 15.6. The van der Waals surface area contributed by atoms with Gasteiger partial charge in [-0.25, -0.2) is 8.60 Å². The first-order chi connectivity index (χ1) is 9.23. The van der Waals surface area contributed by atoms with Gasteiger partial charge in [-0.2, -0.15) is 0 Å². The van der Waals surface area contributed by atoms with E-state index in [0.29, 0.717) is 5.56 Å². The summed E-state index contributed by atoms with van der Waals surface area (Å²) in [6, 6.07) is 3.36. The largest absolute Gasteiger partial charge is 0.480 e. The molecule has 1 rings (SSSR count). The van der Waals surface area contributed by atoms with Gasteiger partial charge in [-0.3, -0.25) is 9.57 Å². The van der Waals surface area contributed by atoms with Gasteiger partial charge in [0.15, 0.2) is 0 Å². The minimum absolute atomic E-state index is 0.0214. The van der Waals surface area contributed by atoms with Crippen molar-refractivity contribution in [3.05, 3.63) is 34.6 Å². The summed E-state index contributed by atoms with van der Waals surface area (Å²) in [6.45, 7) is 0. The molecule has 0 heterocycles. The van der Waals surface area contributed by atoms with Crippen molar-refractivity contribution < 1.29 is 18.5 Å². The van der Waals surface area contributed by atoms with Gasteiger partial charge in [0, 0.05) is 21.2 Å². The lowest BCUT2D eigenvalue weighted by Gasteiger charge is -2.10. The van der Waals surface area contributed by atoms with Crippen molar-refractivity contribution >= 4 is 27.3 Å². The Kier molecular flexibility index (Phi) is 5.91. The van der Waals surface area contributed by atoms with E-state index in [1.807, 2.05) is 0 Å². The Balaban J connectivity index is 2.59. The Morgan fingerprint density at radius 3 is 2.75 bits per heavy atom. The Labute approximate surface area is 121 Å². The van der Waals surface area contributed by atoms with Crippen molar-refractivity contribution in [2.24, 2.45) is 5.73 Å². The van der Waals surface area contributed by atoms with Gasteiger partial charge in [0.2, 0.25) is 0 Å². The first-order valence-corrected chi connectivity index (χ1v) is 8.16. The van der Waals surface area contributed by atoms with E-state index in [4.69, 9.17) is 27.2 Å². The van der Waals surface area contributed by atoms with Crippen molar-refractivity contribution in [3.63, 3.8) is 0 Å². The summed E-state index contributed by atoms with van der Waals surface area (Å²) in [7, 11) is -2.99. The Bertz CT molecular complexity index is 592. The van der Waals surface area contributed by atoms with Crippen LogP contribution in [-0.4, -0.2) is 32.8 Å². The van der Waals surface area contributed by atoms with E-state index in [-0.39, 0.29) is 29.4 Å². The van der Waals surface area contributed by atoms with Crippen LogP contribution < -0.4 is 5.73 Å². The maximum atomic E-state index is 13.6. The number of benzene rings is 1. The lowest BCUT2D eigenvalue weighted by molar-refractivity contribution is -0.138. The zero-order chi connectivity index (χ0) is 15.3. The highest BCUT2D eigenvalue weighted by molar-refractivity contribution is 7.92. The van der Waals surface area contributed by atoms with Crippen LogP contribution in [0.5, 0.6) is 0 Å². The SMILES string of the molecule is N=S(=O)(CCc1cccc(Cl)c1F)CC[C@H](N)C(=O)O. The molecule has 0 fully saturated rings. The zero-order valence-electron chi connectivity index (χ0n) is 10.6. The van der Waals surface area contributed by atoms with E-state index in [2.05, 4.69) is 0 Å². The monoisotopic (exact) mass is 322 g/mol. The number of aryl methyl sites for hydroxylation is 1. The Morgan fingerprint density at radius 1 is 1.50 bits per heavy atom. The molecular weight excluding hydrogens is 307 g/mol. The van der Waals surface area contributed by atoms with Crippen LogP contribution >= 0.6 is 11.6 Å². The highest BCUT2D eigenvalue weighted by Crippen LogP contribution is 2.18. The van der Waals surface area contributed by atoms with Crippen LogP contribution in [0.25, 0.3) is 0 Å². The highest BCUT2D eigenvalue weighted by atomic mass is 35.5. The van der Waals surface area contributed by atoms with Gasteiger partial charge in [0.25, 0.3) is 0 Å². The fraction of sp³-hybridized carbons (Fsp3) is 0.417. The summed E-state index contributed by atoms with van der Waals surface area (Å²) in [5.41, 5.74) is 5.58. The molecule has 0 spiro atoms. The molecule has 0 aliphatic carbocycles. The molecule has 1 aromatic carbocycles. The second-order valence-electron chi connectivity index (χ2n) is 4.42. The van der Waals surface area contributed by atoms with Crippen molar-refractivity contribution in [1.82, 2.24) is 0 Å². The summed E-state index contributed by atoms with van der Waals surface area (Å²) in [5, 5.41) is 8.59. The number of hydrogen-bond acceptors (Lipinski definition) is 4. The fourth-order valence-electron chi connectivity index (χ4n) is 1.56. The number of carboxylic acid groups (broad SMARTS) is 1. The number of hydrogen-bond donors (Lipinski definition) is 3. The minimum atomic E-state index is -2.99. The predicted octanol–water partition coefficient (Wildman–Crippen LogP) is 1.87. The summed E-state index contributed by atoms with van der Waals surface area (Å²) < 4.78 is 33.2. The molecule has 0 aliphatic rings. The second kappa shape index (κ2) is 7.01. The van der Waals surface area contributed by atoms with Gasteiger partial charge in [-0.15, -0.1) is 0 Å². The van der Waals surface area contributed by atoms with E-state index in [9.17, 15) is 13.4 Å². The summed E-state index contributed by atoms with van der Waals surface area (Å²) in [5.74, 6) is -1.95. The minimum Gasteiger partial charge on any atom is -0.480 e. The molecule has 0 amide bonds. The van der Waals surface area contributed by atoms with Crippen LogP contribution in [-0.2, 0) is 20.9 Å². The summed E-state index contributed by atoms with van der Waals surface area (Å²) in [4.78, 5) is 10.5. The summed E-state index contributed by atoms with van der Waals surface area (Å²) >= 11 is 5.63. The molecule has 0 aliphatic heterocycles. The van der Waals surface area contributed by atoms with Gasteiger partial charge in [0.05, 0.1) is 5.02 Å². The number of nitrogens with one attached hydrogen (secondary N) is 1. The van der Waals surface area contributed by atoms with E-state index in [1.54, 1.807) is 6.07 Å². The smallest absolute Gasteiger partial charge is 0.320 e. The molecule has 4 N–H and O–H groups in total. The standard InChI is InChI=1S/C12H16ClFN2O3S/c13-9-3-1-2-8(11(9)14)4-6-20(16,19)7-5-10(15)12(17)18/h1-3,10,16H,4-7,15H2,(H,17,18)/t10-,20?/m0/s1. The molecule has 20 heavy (non-hydrogen) atoms. The van der Waals surface area contributed by atoms with Crippen molar-refractivity contribution in [2.45, 2.75) is 18.9 Å². The molecule has 8 heteroatoms. The van der Waals surface area contributed by atoms with Crippen molar-refractivity contribution in [2.75, 3.05) is 11.5 Å². The molecule has 0 saturated carbocycles. The molecule has 112 valence electrons. The third-order valence-corrected chi connectivity index (χ3v) is 4.86. The topological polar surface area (TPSA) is 104 Å². The van der Waals surface area contributed by atoms with Crippen molar-refractivity contribution in [1.29, 1.82) is 4.78 Å². The van der Waals surface area contributed by atoms with Gasteiger partial charge >= 0.3 is 5.97 Å². The highest BCUT2D eigenvalue weighted by Gasteiger charge is 2.16. The first-order valence-electron chi connectivity index (χ1n) is 5.88. The van der Waals surface area contributed by atoms with E-state index >= 15 is 0 Å². The quantitative estimate of drug-likeness (QED) is 0.712. The number of aliphatic carboxylic acids is 1. The molecular formula is C12H16ClFN2O3S. The van der Waals surface area contributed by atoms with Crippen molar-refractivity contribution in [3.8, 4) is 0 Å². The second-order valence-corrected chi connectivity index (χ2v) is 7.26. The van der Waals surface area contributed by atoms with Crippen LogP contribution in [0.15, 0.2) is 18.2 Å². The van der Waals surface area contributed by atoms with Gasteiger partial charge in [-0.1, -0.05) is 23.7 Å². The molecule has 0 aromatic heterocycles. The lowest BCUT2D eigenvalue weighted by atomic mass is 10.1. The third-order valence-electron chi connectivity index (χ3n) is 2.81. The van der Waals surface area contributed by atoms with E-state index in [0.717, 1.165) is 0 Å². The van der Waals surface area contributed by atoms with Crippen LogP contribution in [0.2, 0.25) is 5.02 Å². The molecule has 0 radical (unpaired) electrons. The van der Waals surface area contributed by atoms with Gasteiger partial charge in [-0.05, 0) is 24.5 Å². The number of carboxylic acids is 1. The van der Waals surface area contributed by atoms with Gasteiger partial charge in [0.1, 0.15) is 11.9 Å². The van der Waals surface area contributed by atoms with E-state index in [1.165, 1.54) is 12.1 Å². The average Bonchev–Trinajstić information content (AvgIpc) is 2.37. The fourth-order valence-corrected chi connectivity index (χ4v) is 3.14. The number of halogens is 2. The first kappa shape index (κ1) is 16.9. The van der Waals surface area contributed by atoms with Crippen LogP contribution in [0.4, 0.5) is 4.39 Å². The molecule has 1 aromatic rings. The number of nitrogens with two attached hydrogens (primary N) is 1. The zero-order valence-corrected chi connectivity index (χ0v) is 12.2. The average molecular weight is 323 g/mol. The predicted molar refractivity (Wildman–Crippen MR) is 75.9 cm³/mol. The van der Waals surface area contributed by atoms with Gasteiger partial charge < -0.3 is 10.8 Å². The molecule has 0 bridgehead atoms. The lowest BCUT2D eigenvalue weighted by Crippen LogP contribution is -2.32. The maximum absolute atomic E-state index is 13.6. The van der Waals surface area contributed by atoms with Crippen LogP contribution in [0.3, 0.4) is 0 Å². The molecule has 2 atom stereocenters. The van der Waals surface area contributed by atoms with Crippen LogP contribution in [0.1, 0.15) is 12.0 Å². The number of carbonyl (C=O) groups is 1. The Hall–Kier alpha value is -1.18. The maximum Gasteiger partial charge on any atom is 0.320 e. The molecule has 5 nitrogen and oxygen atoms in total. The summed E-state index contributed by atoms with van der Waals surface area (Å²) in [6.07, 6.45) is 0.0622. The third kappa shape index (κ3) is 5.07. The number of rotatable bonds is 7. The Morgan fingerprint density at radius 2 is 2.15 bits per heavy atom.